The summed E-state index contributed by atoms with van der Waals surface area (Å²) in [5.74, 6) is 0.721. The Balaban J connectivity index is 2.46. The molecule has 0 aliphatic carbocycles. The van der Waals surface area contributed by atoms with Crippen molar-refractivity contribution < 1.29 is 0 Å². The Morgan fingerprint density at radius 1 is 1.27 bits per heavy atom. The van der Waals surface area contributed by atoms with Gasteiger partial charge in [-0.25, -0.2) is 4.98 Å². The molecule has 0 fully saturated rings. The molecule has 3 nitrogen and oxygen atoms in total. The zero-order valence-electron chi connectivity index (χ0n) is 5.78. The monoisotopic (exact) mass is 144 g/mol. The molecule has 1 heterocycles. The lowest BCUT2D eigenvalue weighted by Crippen LogP contribution is -1.78. The number of H-pyrrole nitrogens is 1. The van der Waals surface area contributed by atoms with E-state index in [4.69, 9.17) is 0 Å². The minimum atomic E-state index is 0.721. The highest BCUT2D eigenvalue weighted by atomic mass is 15.2. The summed E-state index contributed by atoms with van der Waals surface area (Å²) in [7, 11) is 0. The lowest BCUT2D eigenvalue weighted by molar-refractivity contribution is 1.10. The number of aromatic nitrogens is 3. The molecule has 2 rings (SSSR count). The zero-order chi connectivity index (χ0) is 7.52. The predicted molar refractivity (Wildman–Crippen MR) is 40.7 cm³/mol. The van der Waals surface area contributed by atoms with Gasteiger partial charge >= 0.3 is 0 Å². The summed E-state index contributed by atoms with van der Waals surface area (Å²) < 4.78 is 0. The van der Waals surface area contributed by atoms with Crippen LogP contribution >= 0.6 is 0 Å². The van der Waals surface area contributed by atoms with Gasteiger partial charge < -0.3 is 0 Å². The van der Waals surface area contributed by atoms with E-state index in [0.29, 0.717) is 0 Å². The molecule has 3 heteroatoms. The molecule has 0 atom stereocenters. The molecule has 1 N–H and O–H groups in total. The molecule has 0 spiro atoms. The fourth-order valence-corrected chi connectivity index (χ4v) is 0.884. The number of hydrogen-bond acceptors (Lipinski definition) is 2. The van der Waals surface area contributed by atoms with E-state index in [1.807, 2.05) is 24.3 Å². The molecular weight excluding hydrogens is 138 g/mol. The van der Waals surface area contributed by atoms with Gasteiger partial charge in [0.05, 0.1) is 0 Å². The van der Waals surface area contributed by atoms with Gasteiger partial charge in [0.1, 0.15) is 6.33 Å². The van der Waals surface area contributed by atoms with Gasteiger partial charge in [0, 0.05) is 5.56 Å². The summed E-state index contributed by atoms with van der Waals surface area (Å²) in [5, 5.41) is 6.59. The summed E-state index contributed by atoms with van der Waals surface area (Å²) in [4.78, 5) is 4.01. The van der Waals surface area contributed by atoms with Gasteiger partial charge in [-0.05, 0) is 6.07 Å². The van der Waals surface area contributed by atoms with Gasteiger partial charge in [0.15, 0.2) is 5.82 Å². The van der Waals surface area contributed by atoms with E-state index in [-0.39, 0.29) is 0 Å². The molecule has 1 aromatic heterocycles. The van der Waals surface area contributed by atoms with Crippen LogP contribution in [-0.4, -0.2) is 15.2 Å². The van der Waals surface area contributed by atoms with Crippen LogP contribution < -0.4 is 0 Å². The van der Waals surface area contributed by atoms with Gasteiger partial charge in [-0.1, -0.05) is 24.3 Å². The zero-order valence-corrected chi connectivity index (χ0v) is 5.78. The van der Waals surface area contributed by atoms with Crippen LogP contribution in [0.25, 0.3) is 11.4 Å². The number of rotatable bonds is 1. The molecule has 1 radical (unpaired) electrons. The molecule has 0 aliphatic heterocycles. The second kappa shape index (κ2) is 2.54. The molecule has 53 valence electrons. The highest BCUT2D eigenvalue weighted by molar-refractivity contribution is 5.53. The van der Waals surface area contributed by atoms with Crippen molar-refractivity contribution in [2.75, 3.05) is 0 Å². The van der Waals surface area contributed by atoms with Crippen molar-refractivity contribution in [2.45, 2.75) is 0 Å². The summed E-state index contributed by atoms with van der Waals surface area (Å²) in [5.41, 5.74) is 1.00. The predicted octanol–water partition coefficient (Wildman–Crippen LogP) is 1.27. The highest BCUT2D eigenvalue weighted by Gasteiger charge is 1.97. The third-order valence-electron chi connectivity index (χ3n) is 1.39. The van der Waals surface area contributed by atoms with E-state index in [0.717, 1.165) is 11.4 Å². The lowest BCUT2D eigenvalue weighted by atomic mass is 10.2. The van der Waals surface area contributed by atoms with E-state index < -0.39 is 0 Å². The first-order chi connectivity index (χ1) is 5.47. The van der Waals surface area contributed by atoms with Gasteiger partial charge in [-0.2, -0.15) is 5.10 Å². The van der Waals surface area contributed by atoms with Crippen LogP contribution in [0.1, 0.15) is 0 Å². The number of benzene rings is 1. The maximum Gasteiger partial charge on any atom is 0.180 e. The molecule has 0 amide bonds. The van der Waals surface area contributed by atoms with E-state index in [2.05, 4.69) is 21.2 Å². The quantitative estimate of drug-likeness (QED) is 0.654. The molecule has 0 saturated heterocycles. The summed E-state index contributed by atoms with van der Waals surface area (Å²) >= 11 is 0. The summed E-state index contributed by atoms with van der Waals surface area (Å²) in [6, 6.07) is 10.4. The van der Waals surface area contributed by atoms with Crippen molar-refractivity contribution in [2.24, 2.45) is 0 Å². The molecule has 1 aromatic carbocycles. The van der Waals surface area contributed by atoms with Gasteiger partial charge in [0.2, 0.25) is 0 Å². The topological polar surface area (TPSA) is 41.6 Å². The van der Waals surface area contributed by atoms with Crippen molar-refractivity contribution in [3.63, 3.8) is 0 Å². The number of nitrogens with one attached hydrogen (secondary N) is 1. The van der Waals surface area contributed by atoms with Crippen molar-refractivity contribution in [3.05, 3.63) is 36.7 Å². The fraction of sp³-hybridized carbons (Fsp3) is 0. The van der Waals surface area contributed by atoms with Gasteiger partial charge in [-0.15, -0.1) is 0 Å². The van der Waals surface area contributed by atoms with E-state index in [1.54, 1.807) is 6.33 Å². The molecule has 0 unspecified atom stereocenters. The molecular formula is C8H6N3. The minimum absolute atomic E-state index is 0.721. The minimum Gasteiger partial charge on any atom is -0.265 e. The Hall–Kier alpha value is -1.64. The third-order valence-corrected chi connectivity index (χ3v) is 1.39. The number of nitrogens with zero attached hydrogens (tertiary/aromatic N) is 2. The van der Waals surface area contributed by atoms with Crippen LogP contribution in [0.4, 0.5) is 0 Å². The Morgan fingerprint density at radius 3 is 2.73 bits per heavy atom. The first-order valence-electron chi connectivity index (χ1n) is 3.29. The fourth-order valence-electron chi connectivity index (χ4n) is 0.884. The smallest absolute Gasteiger partial charge is 0.180 e. The van der Waals surface area contributed by atoms with Crippen LogP contribution in [0.2, 0.25) is 0 Å². The first kappa shape index (κ1) is 6.09. The first-order valence-corrected chi connectivity index (χ1v) is 3.29. The van der Waals surface area contributed by atoms with Gasteiger partial charge in [0.25, 0.3) is 0 Å². The highest BCUT2D eigenvalue weighted by Crippen LogP contribution is 2.10. The summed E-state index contributed by atoms with van der Waals surface area (Å²) in [6.45, 7) is 0. The lowest BCUT2D eigenvalue weighted by Gasteiger charge is -1.90. The van der Waals surface area contributed by atoms with E-state index in [9.17, 15) is 0 Å². The Bertz CT molecular complexity index is 312. The van der Waals surface area contributed by atoms with E-state index >= 15 is 0 Å². The molecule has 11 heavy (non-hydrogen) atoms. The van der Waals surface area contributed by atoms with Crippen LogP contribution in [0.5, 0.6) is 0 Å². The average Bonchev–Trinajstić information content (AvgIpc) is 2.58. The molecule has 0 saturated carbocycles. The molecule has 0 aliphatic rings. The van der Waals surface area contributed by atoms with E-state index in [1.165, 1.54) is 0 Å². The van der Waals surface area contributed by atoms with Crippen LogP contribution in [0.15, 0.2) is 30.6 Å². The van der Waals surface area contributed by atoms with Crippen LogP contribution in [0, 0.1) is 6.07 Å². The number of hydrogen-bond donors (Lipinski definition) is 1. The van der Waals surface area contributed by atoms with Gasteiger partial charge in [-0.3, -0.25) is 5.10 Å². The second-order valence-electron chi connectivity index (χ2n) is 2.11. The van der Waals surface area contributed by atoms with Crippen LogP contribution in [-0.2, 0) is 0 Å². The van der Waals surface area contributed by atoms with Crippen molar-refractivity contribution >= 4 is 0 Å². The molecule has 2 aromatic rings. The van der Waals surface area contributed by atoms with Crippen molar-refractivity contribution in [1.29, 1.82) is 0 Å². The van der Waals surface area contributed by atoms with Crippen LogP contribution in [0.3, 0.4) is 0 Å². The Labute approximate surface area is 64.1 Å². The normalized spacial score (nSPS) is 9.82. The maximum absolute atomic E-state index is 4.01. The van der Waals surface area contributed by atoms with Crippen molar-refractivity contribution in [1.82, 2.24) is 15.2 Å². The standard InChI is InChI=1S/C8H6N3/c1-2-4-7(5-3-1)8-9-6-10-11-8/h2-6H,(H,9,10,11). The average molecular weight is 144 g/mol. The largest absolute Gasteiger partial charge is 0.265 e. The Morgan fingerprint density at radius 2 is 2.09 bits per heavy atom. The molecule has 0 bridgehead atoms. The van der Waals surface area contributed by atoms with Crippen molar-refractivity contribution in [3.8, 4) is 11.4 Å². The SMILES string of the molecule is [c]1ccc(-c2nc[nH]n2)cc1. The maximum atomic E-state index is 4.01. The Kier molecular flexibility index (Phi) is 1.41. The summed E-state index contributed by atoms with van der Waals surface area (Å²) in [6.07, 6.45) is 1.56. The second-order valence-corrected chi connectivity index (χ2v) is 2.11. The number of aromatic amines is 1. The third kappa shape index (κ3) is 1.12.